The molecule has 6 heteroatoms. The summed E-state index contributed by atoms with van der Waals surface area (Å²) >= 11 is 0. The number of carbonyl (C=O) groups excluding carboxylic acids is 1. The van der Waals surface area contributed by atoms with Crippen LogP contribution in [-0.4, -0.2) is 22.8 Å². The van der Waals surface area contributed by atoms with Crippen molar-refractivity contribution in [3.05, 3.63) is 69.6 Å². The minimum Gasteiger partial charge on any atom is -0.496 e. The van der Waals surface area contributed by atoms with Crippen LogP contribution >= 0.6 is 0 Å². The molecule has 0 aliphatic heterocycles. The minimum absolute atomic E-state index is 0.0904. The summed E-state index contributed by atoms with van der Waals surface area (Å²) in [5.41, 5.74) is 2.42. The zero-order chi connectivity index (χ0) is 19.6. The van der Waals surface area contributed by atoms with Crippen molar-refractivity contribution in [2.45, 2.75) is 26.3 Å². The zero-order valence-electron chi connectivity index (χ0n) is 15.9. The van der Waals surface area contributed by atoms with Gasteiger partial charge in [0, 0.05) is 18.0 Å². The molecule has 0 fully saturated rings. The molecule has 27 heavy (non-hydrogen) atoms. The summed E-state index contributed by atoms with van der Waals surface area (Å²) in [4.78, 5) is 24.9. The molecule has 0 saturated carbocycles. The van der Waals surface area contributed by atoms with Crippen molar-refractivity contribution in [3.63, 3.8) is 0 Å². The van der Waals surface area contributed by atoms with E-state index in [1.807, 2.05) is 44.2 Å². The molecule has 1 atom stereocenters. The summed E-state index contributed by atoms with van der Waals surface area (Å²) in [6, 6.07) is 12.9. The summed E-state index contributed by atoms with van der Waals surface area (Å²) < 4.78 is 6.68. The first-order valence-corrected chi connectivity index (χ1v) is 8.79. The average Bonchev–Trinajstić information content (AvgIpc) is 2.65. The Bertz CT molecular complexity index is 1060. The van der Waals surface area contributed by atoms with Crippen LogP contribution in [0, 0.1) is 6.92 Å². The summed E-state index contributed by atoms with van der Waals surface area (Å²) in [5, 5.41) is 8.55. The molecule has 1 heterocycles. The number of amides is 1. The van der Waals surface area contributed by atoms with Gasteiger partial charge in [0.2, 0.25) is 5.91 Å². The molecule has 1 unspecified atom stereocenters. The number of rotatable bonds is 5. The molecule has 0 bridgehead atoms. The highest BCUT2D eigenvalue weighted by Gasteiger charge is 2.17. The van der Waals surface area contributed by atoms with E-state index in [9.17, 15) is 9.59 Å². The van der Waals surface area contributed by atoms with Crippen molar-refractivity contribution < 1.29 is 9.53 Å². The van der Waals surface area contributed by atoms with Gasteiger partial charge >= 0.3 is 0 Å². The van der Waals surface area contributed by atoms with Gasteiger partial charge in [0.05, 0.1) is 30.7 Å². The quantitative estimate of drug-likeness (QED) is 0.754. The number of aryl methyl sites for hydroxylation is 2. The monoisotopic (exact) mass is 365 g/mol. The molecule has 1 amide bonds. The molecule has 2 aromatic carbocycles. The van der Waals surface area contributed by atoms with Gasteiger partial charge in [-0.15, -0.1) is 0 Å². The number of aromatic nitrogens is 2. The van der Waals surface area contributed by atoms with Gasteiger partial charge in [-0.05, 0) is 26.0 Å². The summed E-state index contributed by atoms with van der Waals surface area (Å²) in [6.07, 6.45) is 0.0904. The minimum atomic E-state index is -0.217. The van der Waals surface area contributed by atoms with Crippen molar-refractivity contribution in [2.24, 2.45) is 7.05 Å². The lowest BCUT2D eigenvalue weighted by Gasteiger charge is -2.18. The van der Waals surface area contributed by atoms with Gasteiger partial charge in [0.25, 0.3) is 5.56 Å². The second-order valence-corrected chi connectivity index (χ2v) is 6.63. The van der Waals surface area contributed by atoms with Gasteiger partial charge in [0.15, 0.2) is 0 Å². The van der Waals surface area contributed by atoms with Gasteiger partial charge in [-0.1, -0.05) is 35.9 Å². The number of ether oxygens (including phenoxy) is 1. The van der Waals surface area contributed by atoms with E-state index in [4.69, 9.17) is 4.74 Å². The van der Waals surface area contributed by atoms with Crippen molar-refractivity contribution in [2.75, 3.05) is 7.11 Å². The fraction of sp³-hybridized carbons (Fsp3) is 0.286. The van der Waals surface area contributed by atoms with Crippen LogP contribution in [0.2, 0.25) is 0 Å². The molecule has 0 aliphatic rings. The molecule has 3 rings (SSSR count). The van der Waals surface area contributed by atoms with E-state index in [1.54, 1.807) is 26.3 Å². The van der Waals surface area contributed by atoms with Crippen LogP contribution in [0.25, 0.3) is 10.8 Å². The van der Waals surface area contributed by atoms with Crippen molar-refractivity contribution in [1.82, 2.24) is 15.1 Å². The number of hydrogen-bond donors (Lipinski definition) is 1. The average molecular weight is 365 g/mol. The number of nitrogens with zero attached hydrogens (tertiary/aromatic N) is 2. The summed E-state index contributed by atoms with van der Waals surface area (Å²) in [7, 11) is 3.21. The molecular weight excluding hydrogens is 342 g/mol. The third-order valence-corrected chi connectivity index (χ3v) is 4.59. The lowest BCUT2D eigenvalue weighted by atomic mass is 10.0. The van der Waals surface area contributed by atoms with Crippen LogP contribution in [-0.2, 0) is 18.3 Å². The largest absolute Gasteiger partial charge is 0.496 e. The maximum Gasteiger partial charge on any atom is 0.274 e. The number of methoxy groups -OCH3 is 1. The number of benzene rings is 2. The highest BCUT2D eigenvalue weighted by atomic mass is 16.5. The maximum absolute atomic E-state index is 12.6. The fourth-order valence-corrected chi connectivity index (χ4v) is 3.22. The van der Waals surface area contributed by atoms with E-state index in [-0.39, 0.29) is 23.9 Å². The number of hydrogen-bond acceptors (Lipinski definition) is 4. The normalized spacial score (nSPS) is 12.0. The van der Waals surface area contributed by atoms with Gasteiger partial charge in [-0.2, -0.15) is 5.10 Å². The Morgan fingerprint density at radius 1 is 1.22 bits per heavy atom. The van der Waals surface area contributed by atoms with E-state index < -0.39 is 0 Å². The Kier molecular flexibility index (Phi) is 5.26. The van der Waals surface area contributed by atoms with E-state index in [0.717, 1.165) is 16.9 Å². The van der Waals surface area contributed by atoms with Gasteiger partial charge in [-0.25, -0.2) is 4.68 Å². The van der Waals surface area contributed by atoms with Crippen LogP contribution in [0.15, 0.2) is 47.3 Å². The zero-order valence-corrected chi connectivity index (χ0v) is 15.9. The molecular formula is C21H23N3O3. The maximum atomic E-state index is 12.6. The molecule has 6 nitrogen and oxygen atoms in total. The number of nitrogens with one attached hydrogen (secondary N) is 1. The Morgan fingerprint density at radius 2 is 1.93 bits per heavy atom. The predicted molar refractivity (Wildman–Crippen MR) is 105 cm³/mol. The van der Waals surface area contributed by atoms with Crippen LogP contribution in [0.5, 0.6) is 5.75 Å². The van der Waals surface area contributed by atoms with E-state index in [1.165, 1.54) is 4.68 Å². The van der Waals surface area contributed by atoms with E-state index in [2.05, 4.69) is 10.4 Å². The molecule has 1 N–H and O–H groups in total. The van der Waals surface area contributed by atoms with Gasteiger partial charge in [-0.3, -0.25) is 9.59 Å². The lowest BCUT2D eigenvalue weighted by molar-refractivity contribution is -0.121. The van der Waals surface area contributed by atoms with Crippen LogP contribution < -0.4 is 15.6 Å². The van der Waals surface area contributed by atoms with Crippen LogP contribution in [0.3, 0.4) is 0 Å². The van der Waals surface area contributed by atoms with Crippen molar-refractivity contribution in [3.8, 4) is 5.75 Å². The lowest BCUT2D eigenvalue weighted by Crippen LogP contribution is -2.30. The highest BCUT2D eigenvalue weighted by molar-refractivity contribution is 5.88. The fourth-order valence-electron chi connectivity index (χ4n) is 3.22. The second-order valence-electron chi connectivity index (χ2n) is 6.63. The Hall–Kier alpha value is -3.15. The molecule has 0 saturated heterocycles. The highest BCUT2D eigenvalue weighted by Crippen LogP contribution is 2.26. The first-order valence-electron chi connectivity index (χ1n) is 8.79. The molecule has 1 aromatic heterocycles. The first-order chi connectivity index (χ1) is 12.9. The standard InChI is InChI=1S/C21H23N3O3/c1-13-9-10-19(27-4)17(11-13)14(2)22-20(25)12-18-15-7-5-6-8-16(15)21(26)24(3)23-18/h5-11,14H,12H2,1-4H3,(H,22,25). The van der Waals surface area contributed by atoms with Crippen LogP contribution in [0.4, 0.5) is 0 Å². The number of carbonyl (C=O) groups is 1. The number of fused-ring (bicyclic) bond motifs is 1. The van der Waals surface area contributed by atoms with Gasteiger partial charge in [0.1, 0.15) is 5.75 Å². The SMILES string of the molecule is COc1ccc(C)cc1C(C)NC(=O)Cc1nn(C)c(=O)c2ccccc12. The van der Waals surface area contributed by atoms with Crippen molar-refractivity contribution >= 4 is 16.7 Å². The predicted octanol–water partition coefficient (Wildman–Crippen LogP) is 2.67. The topological polar surface area (TPSA) is 73.2 Å². The molecule has 0 aliphatic carbocycles. The summed E-state index contributed by atoms with van der Waals surface area (Å²) in [6.45, 7) is 3.92. The molecule has 140 valence electrons. The van der Waals surface area contributed by atoms with Crippen LogP contribution in [0.1, 0.15) is 29.8 Å². The van der Waals surface area contributed by atoms with E-state index >= 15 is 0 Å². The van der Waals surface area contributed by atoms with Gasteiger partial charge < -0.3 is 10.1 Å². The molecule has 0 radical (unpaired) electrons. The Balaban J connectivity index is 1.85. The molecule has 3 aromatic rings. The first kappa shape index (κ1) is 18.6. The van der Waals surface area contributed by atoms with Crippen molar-refractivity contribution in [1.29, 1.82) is 0 Å². The van der Waals surface area contributed by atoms with E-state index in [0.29, 0.717) is 16.5 Å². The second kappa shape index (κ2) is 7.61. The Labute approximate surface area is 157 Å². The third kappa shape index (κ3) is 3.84. The smallest absolute Gasteiger partial charge is 0.274 e. The third-order valence-electron chi connectivity index (χ3n) is 4.59. The summed E-state index contributed by atoms with van der Waals surface area (Å²) in [5.74, 6) is 0.571. The Morgan fingerprint density at radius 3 is 2.63 bits per heavy atom. The molecule has 0 spiro atoms.